The van der Waals surface area contributed by atoms with E-state index in [1.165, 1.54) is 0 Å². The van der Waals surface area contributed by atoms with Gasteiger partial charge in [0.05, 0.1) is 30.6 Å². The van der Waals surface area contributed by atoms with E-state index in [0.717, 1.165) is 25.7 Å². The molecule has 0 unspecified atom stereocenters. The van der Waals surface area contributed by atoms with Gasteiger partial charge in [-0.1, -0.05) is 5.16 Å². The van der Waals surface area contributed by atoms with Crippen LogP contribution in [0.3, 0.4) is 0 Å². The number of rotatable bonds is 5. The van der Waals surface area contributed by atoms with Crippen molar-refractivity contribution in [1.82, 2.24) is 4.90 Å². The minimum atomic E-state index is -4.10. The molecule has 2 rings (SSSR count). The molecule has 2 heterocycles. The molecular weight excluding hydrogens is 378 g/mol. The van der Waals surface area contributed by atoms with Crippen LogP contribution in [0, 0.1) is 0 Å². The number of fused-ring (bicyclic) bond motifs is 1. The first-order valence-electron chi connectivity index (χ1n) is 6.56. The summed E-state index contributed by atoms with van der Waals surface area (Å²) in [6.07, 6.45) is 0.361. The Kier molecular flexibility index (Phi) is 7.78. The second-order valence-electron chi connectivity index (χ2n) is 6.03. The largest absolute Gasteiger partial charge is 1.00 e. The van der Waals surface area contributed by atoms with E-state index in [-0.39, 0.29) is 65.5 Å². The van der Waals surface area contributed by atoms with E-state index in [0.29, 0.717) is 6.21 Å². The number of carbonyl (C=O) groups excluding carboxylic acids is 3. The van der Waals surface area contributed by atoms with Crippen molar-refractivity contribution in [3.8, 4) is 0 Å². The third kappa shape index (κ3) is 3.78. The molecule has 0 bridgehead atoms. The van der Waals surface area contributed by atoms with Gasteiger partial charge in [-0.2, -0.15) is 0 Å². The van der Waals surface area contributed by atoms with Crippen LogP contribution in [0.15, 0.2) is 5.16 Å². The van der Waals surface area contributed by atoms with E-state index in [1.807, 2.05) is 0 Å². The topological polar surface area (TPSA) is 156 Å². The zero-order valence-corrected chi connectivity index (χ0v) is 19.3. The van der Waals surface area contributed by atoms with Gasteiger partial charge in [-0.05, 0) is 20.8 Å². The van der Waals surface area contributed by atoms with Crippen LogP contribution < -0.4 is 69.3 Å². The molecule has 13 heteroatoms. The maximum Gasteiger partial charge on any atom is 1.00 e. The second-order valence-corrected chi connectivity index (χ2v) is 8.55. The van der Waals surface area contributed by atoms with Crippen molar-refractivity contribution in [1.29, 1.82) is 0 Å². The first-order chi connectivity index (χ1) is 10.4. The van der Waals surface area contributed by atoms with Gasteiger partial charge < -0.3 is 29.5 Å². The molecule has 2 aliphatic rings. The van der Waals surface area contributed by atoms with Crippen LogP contribution in [0.5, 0.6) is 0 Å². The van der Waals surface area contributed by atoms with Crippen molar-refractivity contribution in [2.24, 2.45) is 5.16 Å². The Morgan fingerprint density at radius 1 is 1.36 bits per heavy atom. The predicted octanol–water partition coefficient (Wildman–Crippen LogP) is -9.61. The number of carboxylic acid groups (broad SMARTS) is 2. The van der Waals surface area contributed by atoms with Gasteiger partial charge in [-0.3, -0.25) is 4.79 Å². The number of oxime groups is 1. The SMILES string of the molecule is CC(C)(O/N=C\[C@@]1(C)[C@H](C(=O)[O-])N2C(=O)C[C@H]2S1(=O)=O)C(=O)[O-].[Na+].[Na+]. The molecule has 0 aliphatic carbocycles. The first-order valence-corrected chi connectivity index (χ1v) is 8.10. The molecule has 0 radical (unpaired) electrons. The molecule has 2 aliphatic heterocycles. The number of β-lactam (4-membered cyclic amide) rings is 1. The summed E-state index contributed by atoms with van der Waals surface area (Å²) in [6.45, 7) is 3.31. The van der Waals surface area contributed by atoms with E-state index in [2.05, 4.69) is 9.99 Å². The summed E-state index contributed by atoms with van der Waals surface area (Å²) >= 11 is 0. The summed E-state index contributed by atoms with van der Waals surface area (Å²) in [5.41, 5.74) is -1.85. The van der Waals surface area contributed by atoms with Crippen LogP contribution in [0.25, 0.3) is 0 Å². The molecule has 25 heavy (non-hydrogen) atoms. The smallest absolute Gasteiger partial charge is 0.548 e. The number of amides is 1. The number of sulfone groups is 1. The van der Waals surface area contributed by atoms with Crippen molar-refractivity contribution >= 4 is 33.9 Å². The molecule has 1 amide bonds. The van der Waals surface area contributed by atoms with E-state index >= 15 is 0 Å². The van der Waals surface area contributed by atoms with Gasteiger partial charge in [-0.15, -0.1) is 0 Å². The quantitative estimate of drug-likeness (QED) is 0.193. The fourth-order valence-electron chi connectivity index (χ4n) is 2.49. The van der Waals surface area contributed by atoms with Gasteiger partial charge >= 0.3 is 59.1 Å². The molecule has 10 nitrogen and oxygen atoms in total. The predicted molar refractivity (Wildman–Crippen MR) is 70.0 cm³/mol. The number of carboxylic acids is 2. The van der Waals surface area contributed by atoms with Crippen molar-refractivity contribution in [2.45, 2.75) is 49.0 Å². The molecule has 0 aromatic heterocycles. The average molecular weight is 392 g/mol. The van der Waals surface area contributed by atoms with Crippen molar-refractivity contribution < 1.29 is 97.0 Å². The molecule has 3 atom stereocenters. The Morgan fingerprint density at radius 2 is 1.88 bits per heavy atom. The number of carbonyl (C=O) groups is 3. The number of nitrogens with zero attached hydrogens (tertiary/aromatic N) is 2. The van der Waals surface area contributed by atoms with Gasteiger partial charge in [0.2, 0.25) is 5.91 Å². The third-order valence-corrected chi connectivity index (χ3v) is 6.71. The molecule has 2 fully saturated rings. The molecule has 0 spiro atoms. The van der Waals surface area contributed by atoms with E-state index in [4.69, 9.17) is 0 Å². The molecule has 0 saturated carbocycles. The van der Waals surface area contributed by atoms with Crippen LogP contribution >= 0.6 is 0 Å². The maximum atomic E-state index is 12.5. The maximum absolute atomic E-state index is 12.5. The summed E-state index contributed by atoms with van der Waals surface area (Å²) in [7, 11) is -4.10. The Morgan fingerprint density at radius 3 is 2.28 bits per heavy atom. The van der Waals surface area contributed by atoms with E-state index in [9.17, 15) is 33.0 Å². The van der Waals surface area contributed by atoms with Crippen LogP contribution in [0.4, 0.5) is 0 Å². The van der Waals surface area contributed by atoms with Crippen LogP contribution in [0.1, 0.15) is 27.2 Å². The van der Waals surface area contributed by atoms with Gasteiger partial charge in [0.15, 0.2) is 15.4 Å². The summed E-state index contributed by atoms with van der Waals surface area (Å²) in [6, 6.07) is -1.77. The zero-order chi connectivity index (χ0) is 17.8. The summed E-state index contributed by atoms with van der Waals surface area (Å²) in [5, 5.41) is 24.2. The van der Waals surface area contributed by atoms with Gasteiger partial charge in [0, 0.05) is 0 Å². The van der Waals surface area contributed by atoms with Gasteiger partial charge in [-0.25, -0.2) is 8.42 Å². The van der Waals surface area contributed by atoms with Crippen LogP contribution in [-0.4, -0.2) is 59.1 Å². The monoisotopic (exact) mass is 392 g/mol. The van der Waals surface area contributed by atoms with E-state index in [1.54, 1.807) is 0 Å². The van der Waals surface area contributed by atoms with Crippen molar-refractivity contribution in [3.05, 3.63) is 0 Å². The standard InChI is InChI=1S/C12H16N2O8S.2Na/c1-11(2,10(18)19)22-13-5-12(3)8(9(16)17)14-6(15)4-7(14)23(12,20)21;;/h5,7-8H,4H2,1-3H3,(H,16,17)(H,18,19);;/q;2*+1/p-2/b13-5-;;/t7-,8+,12+;;/m1../s1. The molecule has 128 valence electrons. The molecular formula is C12H14N2Na2O8S. The van der Waals surface area contributed by atoms with Crippen LogP contribution in [-0.2, 0) is 29.1 Å². The van der Waals surface area contributed by atoms with E-state index < -0.39 is 49.4 Å². The van der Waals surface area contributed by atoms with Crippen molar-refractivity contribution in [3.63, 3.8) is 0 Å². The zero-order valence-electron chi connectivity index (χ0n) is 14.5. The fourth-order valence-corrected chi connectivity index (χ4v) is 4.68. The third-order valence-electron chi connectivity index (χ3n) is 4.04. The molecule has 0 aromatic rings. The number of hydrogen-bond donors (Lipinski definition) is 0. The normalized spacial score (nSPS) is 29.9. The molecule has 0 aromatic carbocycles. The molecule has 0 N–H and O–H groups in total. The Bertz CT molecular complexity index is 723. The second kappa shape index (κ2) is 7.83. The number of hydrogen-bond acceptors (Lipinski definition) is 9. The Hall–Kier alpha value is -0.170. The Balaban J connectivity index is 0.00000288. The minimum absolute atomic E-state index is 0. The fraction of sp³-hybridized carbons (Fsp3) is 0.667. The van der Waals surface area contributed by atoms with Gasteiger partial charge in [0.1, 0.15) is 10.1 Å². The average Bonchev–Trinajstić information content (AvgIpc) is 2.53. The first kappa shape index (κ1) is 24.8. The van der Waals surface area contributed by atoms with Crippen LogP contribution in [0.2, 0.25) is 0 Å². The van der Waals surface area contributed by atoms with Gasteiger partial charge in [0.25, 0.3) is 0 Å². The summed E-state index contributed by atoms with van der Waals surface area (Å²) < 4.78 is 22.8. The van der Waals surface area contributed by atoms with Crippen molar-refractivity contribution in [2.75, 3.05) is 0 Å². The number of aliphatic carboxylic acids is 2. The Labute approximate surface area is 188 Å². The summed E-state index contributed by atoms with van der Waals surface area (Å²) in [5.74, 6) is -3.97. The molecule has 2 saturated heterocycles. The minimum Gasteiger partial charge on any atom is -0.548 e. The summed E-state index contributed by atoms with van der Waals surface area (Å²) in [4.78, 5) is 39.1.